The maximum Gasteiger partial charge on any atom is 0.410 e. The van der Waals surface area contributed by atoms with Gasteiger partial charge in [-0.1, -0.05) is 19.9 Å². The maximum absolute atomic E-state index is 15.1. The van der Waals surface area contributed by atoms with Crippen LogP contribution in [0.25, 0.3) is 11.3 Å². The number of carbonyl (C=O) groups is 1. The van der Waals surface area contributed by atoms with Crippen LogP contribution in [0.2, 0.25) is 0 Å². The van der Waals surface area contributed by atoms with E-state index in [-0.39, 0.29) is 29.5 Å². The van der Waals surface area contributed by atoms with E-state index in [0.717, 1.165) is 58.1 Å². The summed E-state index contributed by atoms with van der Waals surface area (Å²) in [6.07, 6.45) is 9.57. The average Bonchev–Trinajstić information content (AvgIpc) is 3.12. The summed E-state index contributed by atoms with van der Waals surface area (Å²) in [5.41, 5.74) is 2.03. The zero-order valence-electron chi connectivity index (χ0n) is 31.8. The molecule has 5 heterocycles. The lowest BCUT2D eigenvalue weighted by Gasteiger charge is -2.56. The lowest BCUT2D eigenvalue weighted by Crippen LogP contribution is -2.57. The van der Waals surface area contributed by atoms with Crippen LogP contribution in [0.15, 0.2) is 36.7 Å². The van der Waals surface area contributed by atoms with E-state index in [1.54, 1.807) is 6.07 Å². The summed E-state index contributed by atoms with van der Waals surface area (Å²) in [6.45, 7) is 18.5. The Bertz CT molecular complexity index is 1690. The zero-order chi connectivity index (χ0) is 37.2. The number of amides is 1. The van der Waals surface area contributed by atoms with Crippen LogP contribution in [-0.2, 0) is 4.74 Å². The number of aromatic nitrogens is 3. The number of fused-ring (bicyclic) bond motifs is 1. The summed E-state index contributed by atoms with van der Waals surface area (Å²) in [4.78, 5) is 32.2. The second-order valence-electron chi connectivity index (χ2n) is 15.8. The van der Waals surface area contributed by atoms with Crippen molar-refractivity contribution in [2.45, 2.75) is 111 Å². The van der Waals surface area contributed by atoms with Crippen molar-refractivity contribution in [3.05, 3.63) is 53.9 Å². The molecule has 0 atom stereocenters. The monoisotopic (exact) mass is 719 g/mol. The number of benzene rings is 1. The van der Waals surface area contributed by atoms with Crippen LogP contribution in [0.1, 0.15) is 98.5 Å². The molecule has 0 bridgehead atoms. The highest BCUT2D eigenvalue weighted by Crippen LogP contribution is 2.52. The Morgan fingerprint density at radius 2 is 1.69 bits per heavy atom. The molecule has 1 aromatic carbocycles. The van der Waals surface area contributed by atoms with Crippen LogP contribution in [0, 0.1) is 17.0 Å². The molecule has 3 fully saturated rings. The van der Waals surface area contributed by atoms with Crippen LogP contribution < -0.4 is 15.0 Å². The van der Waals surface area contributed by atoms with Gasteiger partial charge in [-0.2, -0.15) is 0 Å². The Balaban J connectivity index is 0.00000228. The normalized spacial score (nSPS) is 19.3. The van der Waals surface area contributed by atoms with Gasteiger partial charge in [-0.3, -0.25) is 0 Å². The van der Waals surface area contributed by atoms with E-state index in [1.165, 1.54) is 24.5 Å². The van der Waals surface area contributed by atoms with Crippen molar-refractivity contribution in [1.29, 1.82) is 0 Å². The molecule has 2 aromatic heterocycles. The highest BCUT2D eigenvalue weighted by molar-refractivity contribution is 5.73. The average molecular weight is 720 g/mol. The molecule has 0 radical (unpaired) electrons. The van der Waals surface area contributed by atoms with Gasteiger partial charge in [0.25, 0.3) is 0 Å². The standard InChI is InChI=1S/C38H49F2N7O3.C2H6/c1-24(2)47-16-17-49-34-29(39)18-27(19-31(34)47)33-30(40)23-42-35(44-33)43-32-7-6-26(22-41-32)25-8-12-45(13-9-25)28-20-38(21-28)10-14-46(15-11-38)36(48)50-37(3,4)5;1-2/h6-7,18-19,22-25,28H,8-17,20-21H2,1-5H3,(H,41,42,43,44);1-2H3. The molecule has 10 nitrogen and oxygen atoms in total. The first kappa shape index (κ1) is 37.7. The quantitative estimate of drug-likeness (QED) is 0.269. The van der Waals surface area contributed by atoms with E-state index in [0.29, 0.717) is 47.6 Å². The van der Waals surface area contributed by atoms with E-state index in [4.69, 9.17) is 9.47 Å². The molecule has 3 aromatic rings. The van der Waals surface area contributed by atoms with E-state index >= 15 is 4.39 Å². The SMILES string of the molecule is CC.CC(C)N1CCOc2c(F)cc(-c3nc(Nc4ccc(C5CCN(C6CC7(CCN(C(=O)OC(C)(C)C)CC7)C6)CC5)cn4)ncc3F)cc21. The third-order valence-electron chi connectivity index (χ3n) is 10.9. The van der Waals surface area contributed by atoms with Crippen molar-refractivity contribution < 1.29 is 23.0 Å². The summed E-state index contributed by atoms with van der Waals surface area (Å²) in [5, 5.41) is 3.09. The fourth-order valence-electron chi connectivity index (χ4n) is 8.13. The zero-order valence-corrected chi connectivity index (χ0v) is 31.8. The number of ether oxygens (including phenoxy) is 2. The van der Waals surface area contributed by atoms with Crippen LogP contribution >= 0.6 is 0 Å². The first-order valence-electron chi connectivity index (χ1n) is 19.1. The number of hydrogen-bond donors (Lipinski definition) is 1. The lowest BCUT2D eigenvalue weighted by molar-refractivity contribution is -0.0530. The summed E-state index contributed by atoms with van der Waals surface area (Å²) >= 11 is 0. The molecule has 1 amide bonds. The van der Waals surface area contributed by atoms with Crippen LogP contribution in [-0.4, -0.2) is 87.9 Å². The van der Waals surface area contributed by atoms with E-state index in [1.807, 2.05) is 70.5 Å². The van der Waals surface area contributed by atoms with Gasteiger partial charge < -0.3 is 29.5 Å². The van der Waals surface area contributed by atoms with Gasteiger partial charge in [0.15, 0.2) is 17.4 Å². The number of nitrogens with one attached hydrogen (secondary N) is 1. The van der Waals surface area contributed by atoms with Crippen molar-refractivity contribution in [3.63, 3.8) is 0 Å². The number of hydrogen-bond acceptors (Lipinski definition) is 9. The Labute approximate surface area is 307 Å². The van der Waals surface area contributed by atoms with Gasteiger partial charge in [0.05, 0.1) is 18.4 Å². The van der Waals surface area contributed by atoms with Crippen LogP contribution in [0.3, 0.4) is 0 Å². The van der Waals surface area contributed by atoms with Crippen molar-refractivity contribution in [1.82, 2.24) is 24.8 Å². The minimum Gasteiger partial charge on any atom is -0.486 e. The number of carbonyl (C=O) groups excluding carboxylic acids is 1. The molecule has 2 saturated heterocycles. The van der Waals surface area contributed by atoms with Gasteiger partial charge >= 0.3 is 6.09 Å². The van der Waals surface area contributed by atoms with Crippen molar-refractivity contribution in [2.75, 3.05) is 49.5 Å². The molecule has 0 unspecified atom stereocenters. The van der Waals surface area contributed by atoms with E-state index in [2.05, 4.69) is 31.2 Å². The van der Waals surface area contributed by atoms with Gasteiger partial charge in [0, 0.05) is 36.9 Å². The molecule has 12 heteroatoms. The molecule has 282 valence electrons. The number of likely N-dealkylation sites (tertiary alicyclic amines) is 2. The van der Waals surface area contributed by atoms with Gasteiger partial charge in [0.1, 0.15) is 23.7 Å². The topological polar surface area (TPSA) is 96.0 Å². The Hall–Kier alpha value is -4.06. The second-order valence-corrected chi connectivity index (χ2v) is 15.8. The predicted octanol–water partition coefficient (Wildman–Crippen LogP) is 8.55. The lowest BCUT2D eigenvalue weighted by atomic mass is 9.59. The highest BCUT2D eigenvalue weighted by Gasteiger charge is 2.49. The van der Waals surface area contributed by atoms with Crippen LogP contribution in [0.4, 0.5) is 31.0 Å². The van der Waals surface area contributed by atoms with Gasteiger partial charge in [-0.25, -0.2) is 28.5 Å². The maximum atomic E-state index is 15.1. The fraction of sp³-hybridized carbons (Fsp3) is 0.600. The Kier molecular flexibility index (Phi) is 11.2. The largest absolute Gasteiger partial charge is 0.486 e. The number of piperidine rings is 2. The Morgan fingerprint density at radius 3 is 2.33 bits per heavy atom. The molecule has 3 aliphatic heterocycles. The Morgan fingerprint density at radius 1 is 0.981 bits per heavy atom. The molecular weight excluding hydrogens is 664 g/mol. The van der Waals surface area contributed by atoms with E-state index in [9.17, 15) is 9.18 Å². The molecule has 52 heavy (non-hydrogen) atoms. The van der Waals surface area contributed by atoms with Gasteiger partial charge in [-0.05, 0) is 121 Å². The van der Waals surface area contributed by atoms with Crippen molar-refractivity contribution in [3.8, 4) is 17.0 Å². The van der Waals surface area contributed by atoms with Crippen LogP contribution in [0.5, 0.6) is 5.75 Å². The number of anilines is 3. The summed E-state index contributed by atoms with van der Waals surface area (Å²) in [6, 6.07) is 7.75. The number of rotatable bonds is 6. The first-order chi connectivity index (χ1) is 24.9. The summed E-state index contributed by atoms with van der Waals surface area (Å²) in [7, 11) is 0. The van der Waals surface area contributed by atoms with Crippen molar-refractivity contribution >= 4 is 23.5 Å². The second kappa shape index (κ2) is 15.5. The third-order valence-corrected chi connectivity index (χ3v) is 10.9. The molecule has 4 aliphatic rings. The molecule has 1 N–H and O–H groups in total. The molecular formula is C40H55F2N7O3. The third kappa shape index (κ3) is 8.27. The smallest absolute Gasteiger partial charge is 0.410 e. The number of nitrogens with zero attached hydrogens (tertiary/aromatic N) is 6. The minimum atomic E-state index is -0.641. The fourth-order valence-corrected chi connectivity index (χ4v) is 8.13. The van der Waals surface area contributed by atoms with Crippen molar-refractivity contribution in [2.24, 2.45) is 5.41 Å². The summed E-state index contributed by atoms with van der Waals surface area (Å²) in [5.74, 6) is 0.171. The summed E-state index contributed by atoms with van der Waals surface area (Å²) < 4.78 is 41.3. The molecule has 7 rings (SSSR count). The first-order valence-corrected chi connectivity index (χ1v) is 19.1. The number of halogens is 2. The molecule has 1 saturated carbocycles. The minimum absolute atomic E-state index is 0.00509. The molecule has 1 spiro atoms. The molecule has 1 aliphatic carbocycles. The van der Waals surface area contributed by atoms with Gasteiger partial charge in [0.2, 0.25) is 5.95 Å². The highest BCUT2D eigenvalue weighted by atomic mass is 19.1. The number of pyridine rings is 1. The van der Waals surface area contributed by atoms with Gasteiger partial charge in [-0.15, -0.1) is 0 Å². The predicted molar refractivity (Wildman–Crippen MR) is 200 cm³/mol. The van der Waals surface area contributed by atoms with E-state index < -0.39 is 17.2 Å².